The van der Waals surface area contributed by atoms with E-state index in [1.54, 1.807) is 11.2 Å². The summed E-state index contributed by atoms with van der Waals surface area (Å²) in [7, 11) is 1.42. The van der Waals surface area contributed by atoms with Gasteiger partial charge in [0.2, 0.25) is 0 Å². The highest BCUT2D eigenvalue weighted by Gasteiger charge is 2.41. The van der Waals surface area contributed by atoms with Crippen LogP contribution < -0.4 is 15.8 Å². The maximum atomic E-state index is 13.3. The van der Waals surface area contributed by atoms with Gasteiger partial charge in [-0.05, 0) is 24.3 Å². The van der Waals surface area contributed by atoms with Gasteiger partial charge in [0, 0.05) is 51.1 Å². The first-order valence-electron chi connectivity index (χ1n) is 11.1. The molecule has 2 aliphatic rings. The molecular weight excluding hydrogens is 461 g/mol. The fourth-order valence-electron chi connectivity index (χ4n) is 4.22. The van der Waals surface area contributed by atoms with Crippen molar-refractivity contribution in [3.05, 3.63) is 66.4 Å². The molecule has 11 heteroatoms. The smallest absolute Gasteiger partial charge is 0.372 e. The first-order chi connectivity index (χ1) is 16.7. The van der Waals surface area contributed by atoms with Gasteiger partial charge >= 0.3 is 6.18 Å². The molecule has 0 aliphatic carbocycles. The molecule has 0 amide bonds. The molecule has 0 radical (unpaired) electrons. The van der Waals surface area contributed by atoms with Gasteiger partial charge < -0.3 is 9.64 Å². The van der Waals surface area contributed by atoms with Crippen molar-refractivity contribution in [2.45, 2.75) is 30.8 Å². The van der Waals surface area contributed by atoms with E-state index >= 15 is 0 Å². The summed E-state index contributed by atoms with van der Waals surface area (Å²) in [5, 5.41) is 7.57. The average Bonchev–Trinajstić information content (AvgIpc) is 3.31. The molecule has 2 atom stereocenters. The molecule has 35 heavy (non-hydrogen) atoms. The lowest BCUT2D eigenvalue weighted by Crippen LogP contribution is -2.64. The van der Waals surface area contributed by atoms with Crippen LogP contribution in [0.5, 0.6) is 0 Å². The Morgan fingerprint density at radius 2 is 1.97 bits per heavy atom. The Morgan fingerprint density at radius 1 is 1.26 bits per heavy atom. The van der Waals surface area contributed by atoms with Crippen molar-refractivity contribution in [3.8, 4) is 0 Å². The summed E-state index contributed by atoms with van der Waals surface area (Å²) >= 11 is 0. The monoisotopic (exact) mass is 488 g/mol. The van der Waals surface area contributed by atoms with Gasteiger partial charge in [-0.2, -0.15) is 18.3 Å². The van der Waals surface area contributed by atoms with Crippen molar-refractivity contribution in [2.75, 3.05) is 36.7 Å². The van der Waals surface area contributed by atoms with Gasteiger partial charge in [0.25, 0.3) is 0 Å². The molecule has 2 aromatic rings. The van der Waals surface area contributed by atoms with Crippen molar-refractivity contribution in [1.29, 1.82) is 0 Å². The second-order valence-electron chi connectivity index (χ2n) is 8.47. The topological polar surface area (TPSA) is 87.3 Å². The van der Waals surface area contributed by atoms with Gasteiger partial charge in [0.1, 0.15) is 11.9 Å². The molecule has 1 saturated heterocycles. The highest BCUT2D eigenvalue weighted by Crippen LogP contribution is 2.37. The molecule has 2 aliphatic heterocycles. The summed E-state index contributed by atoms with van der Waals surface area (Å²) in [6, 6.07) is 11.1. The maximum absolute atomic E-state index is 13.3. The number of halogens is 3. The normalized spacial score (nSPS) is 19.2. The maximum Gasteiger partial charge on any atom is 0.419 e. The van der Waals surface area contributed by atoms with Gasteiger partial charge in [0.05, 0.1) is 23.3 Å². The fourth-order valence-corrected chi connectivity index (χ4v) is 4.22. The summed E-state index contributed by atoms with van der Waals surface area (Å²) in [6.07, 6.45) is -1.77. The number of carbonyl (C=O) groups is 1. The number of ketones is 1. The third-order valence-electron chi connectivity index (χ3n) is 6.25. The van der Waals surface area contributed by atoms with Gasteiger partial charge in [0.15, 0.2) is 5.78 Å². The third kappa shape index (κ3) is 5.21. The van der Waals surface area contributed by atoms with Crippen molar-refractivity contribution in [3.63, 3.8) is 0 Å². The molecule has 1 fully saturated rings. The second-order valence-corrected chi connectivity index (χ2v) is 8.47. The number of hydrogen-bond acceptors (Lipinski definition) is 8. The SMILES string of the molecule is C=C(C(=O)C(CN(N)C1CN(c2ncccc2C(F)(F)F)C1)OC)C1CC=NN1c1ccccc1. The number of carbonyl (C=O) groups excluding carboxylic acids is 1. The zero-order valence-electron chi connectivity index (χ0n) is 19.2. The van der Waals surface area contributed by atoms with Crippen LogP contribution in [0.4, 0.5) is 24.7 Å². The third-order valence-corrected chi connectivity index (χ3v) is 6.25. The zero-order valence-corrected chi connectivity index (χ0v) is 19.2. The number of hydrogen-bond donors (Lipinski definition) is 1. The molecule has 186 valence electrons. The van der Waals surface area contributed by atoms with Crippen LogP contribution >= 0.6 is 0 Å². The van der Waals surface area contributed by atoms with Gasteiger partial charge in [-0.3, -0.25) is 15.6 Å². The summed E-state index contributed by atoms with van der Waals surface area (Å²) in [6.45, 7) is 4.59. The Morgan fingerprint density at radius 3 is 2.63 bits per heavy atom. The molecule has 0 saturated carbocycles. The molecule has 1 aromatic carbocycles. The summed E-state index contributed by atoms with van der Waals surface area (Å²) in [4.78, 5) is 18.6. The number of para-hydroxylation sites is 1. The summed E-state index contributed by atoms with van der Waals surface area (Å²) in [5.41, 5.74) is 0.409. The van der Waals surface area contributed by atoms with E-state index in [-0.39, 0.29) is 43.3 Å². The zero-order chi connectivity index (χ0) is 25.2. The van der Waals surface area contributed by atoms with Crippen molar-refractivity contribution >= 4 is 23.5 Å². The van der Waals surface area contributed by atoms with Gasteiger partial charge in [-0.1, -0.05) is 24.8 Å². The number of nitrogens with zero attached hydrogens (tertiary/aromatic N) is 5. The van der Waals surface area contributed by atoms with E-state index in [9.17, 15) is 18.0 Å². The van der Waals surface area contributed by atoms with Crippen LogP contribution in [0.25, 0.3) is 0 Å². The van der Waals surface area contributed by atoms with E-state index in [0.29, 0.717) is 12.0 Å². The summed E-state index contributed by atoms with van der Waals surface area (Å²) in [5.74, 6) is 5.78. The molecule has 0 spiro atoms. The van der Waals surface area contributed by atoms with Crippen LogP contribution in [0, 0.1) is 0 Å². The Hall–Kier alpha value is -3.28. The lowest BCUT2D eigenvalue weighted by atomic mass is 9.97. The Labute approximate surface area is 201 Å². The largest absolute Gasteiger partial charge is 0.419 e. The number of methoxy groups -OCH3 is 1. The number of Topliss-reactive ketones (excluding diaryl/α,β-unsaturated/α-hetero) is 1. The molecule has 3 heterocycles. The minimum Gasteiger partial charge on any atom is -0.372 e. The number of benzene rings is 1. The lowest BCUT2D eigenvalue weighted by molar-refractivity contribution is -0.137. The average molecular weight is 489 g/mol. The van der Waals surface area contributed by atoms with Gasteiger partial charge in [-0.15, -0.1) is 0 Å². The molecule has 1 aromatic heterocycles. The summed E-state index contributed by atoms with van der Waals surface area (Å²) < 4.78 is 45.3. The number of ether oxygens (including phenoxy) is 1. The number of pyridine rings is 1. The van der Waals surface area contributed by atoms with Gasteiger partial charge in [-0.25, -0.2) is 9.99 Å². The standard InChI is InChI=1S/C24H27F3N6O2/c1-16(20-10-12-30-33(20)17-7-4-3-5-8-17)22(34)21(35-2)15-32(28)18-13-31(14-18)23-19(24(25,26)27)9-6-11-29-23/h3-9,11-12,18,20-21H,1,10,13-15,28H2,2H3. The van der Waals surface area contributed by atoms with E-state index in [1.807, 2.05) is 30.3 Å². The van der Waals surface area contributed by atoms with E-state index in [0.717, 1.165) is 11.8 Å². The van der Waals surface area contributed by atoms with Crippen LogP contribution in [-0.4, -0.2) is 66.9 Å². The molecule has 8 nitrogen and oxygen atoms in total. The van der Waals surface area contributed by atoms with Crippen LogP contribution in [0.1, 0.15) is 12.0 Å². The molecular formula is C24H27F3N6O2. The number of nitrogens with two attached hydrogens (primary N) is 1. The van der Waals surface area contributed by atoms with Crippen LogP contribution in [0.2, 0.25) is 0 Å². The highest BCUT2D eigenvalue weighted by atomic mass is 19.4. The van der Waals surface area contributed by atoms with Crippen LogP contribution in [0.15, 0.2) is 65.9 Å². The lowest BCUT2D eigenvalue weighted by Gasteiger charge is -2.45. The first-order valence-corrected chi connectivity index (χ1v) is 11.1. The van der Waals surface area contributed by atoms with E-state index in [1.165, 1.54) is 29.3 Å². The number of hydrazine groups is 1. The molecule has 4 rings (SSSR count). The minimum absolute atomic E-state index is 0.0696. The Balaban J connectivity index is 1.36. The van der Waals surface area contributed by atoms with Crippen molar-refractivity contribution in [2.24, 2.45) is 10.9 Å². The fraction of sp³-hybridized carbons (Fsp3) is 0.375. The quantitative estimate of drug-likeness (QED) is 0.330. The Kier molecular flexibility index (Phi) is 7.20. The van der Waals surface area contributed by atoms with E-state index in [4.69, 9.17) is 10.6 Å². The molecule has 2 unspecified atom stereocenters. The minimum atomic E-state index is -4.50. The number of rotatable bonds is 9. The predicted octanol–water partition coefficient (Wildman–Crippen LogP) is 2.87. The van der Waals surface area contributed by atoms with Crippen LogP contribution in [-0.2, 0) is 15.7 Å². The molecule has 2 N–H and O–H groups in total. The van der Waals surface area contributed by atoms with Crippen molar-refractivity contribution < 1.29 is 22.7 Å². The number of hydrazone groups is 1. The predicted molar refractivity (Wildman–Crippen MR) is 127 cm³/mol. The van der Waals surface area contributed by atoms with Crippen molar-refractivity contribution in [1.82, 2.24) is 9.99 Å². The first kappa shape index (κ1) is 24.8. The number of alkyl halides is 3. The molecule has 0 bridgehead atoms. The Bertz CT molecular complexity index is 1090. The van der Waals surface area contributed by atoms with E-state index in [2.05, 4.69) is 16.7 Å². The highest BCUT2D eigenvalue weighted by molar-refractivity contribution is 6.01. The van der Waals surface area contributed by atoms with Crippen LogP contribution in [0.3, 0.4) is 0 Å². The van der Waals surface area contributed by atoms with E-state index < -0.39 is 17.8 Å². The number of anilines is 2. The second kappa shape index (κ2) is 10.1. The number of aromatic nitrogens is 1.